The van der Waals surface area contributed by atoms with E-state index in [1.807, 2.05) is 36.2 Å². The molecule has 0 radical (unpaired) electrons. The number of fused-ring (bicyclic) bond motifs is 2. The van der Waals surface area contributed by atoms with Crippen molar-refractivity contribution in [2.75, 3.05) is 49.1 Å². The van der Waals surface area contributed by atoms with Crippen LogP contribution in [0.4, 0.5) is 11.5 Å². The maximum atomic E-state index is 13.5. The fraction of sp³-hybridized carbons (Fsp3) is 0.387. The highest BCUT2D eigenvalue weighted by molar-refractivity contribution is 6.30. The number of carboxylic acid groups (broad SMARTS) is 1. The van der Waals surface area contributed by atoms with Gasteiger partial charge in [-0.05, 0) is 54.8 Å². The topological polar surface area (TPSA) is 107 Å². The third-order valence-corrected chi connectivity index (χ3v) is 9.48. The first kappa shape index (κ1) is 26.7. The molecule has 42 heavy (non-hydrogen) atoms. The van der Waals surface area contributed by atoms with Gasteiger partial charge in [0.2, 0.25) is 5.82 Å². The molecule has 1 aromatic carbocycles. The number of carbonyl (C=O) groups excluding carboxylic acids is 1. The summed E-state index contributed by atoms with van der Waals surface area (Å²) < 4.78 is 1.75. The number of amides is 1. The van der Waals surface area contributed by atoms with Crippen LogP contribution in [-0.2, 0) is 5.41 Å². The number of anilines is 2. The Hall–Kier alpha value is -4.18. The Morgan fingerprint density at radius 2 is 1.74 bits per heavy atom. The summed E-state index contributed by atoms with van der Waals surface area (Å²) in [6.45, 7) is 8.82. The number of aromatic nitrogens is 4. The molecule has 0 aliphatic carbocycles. The first-order chi connectivity index (χ1) is 20.2. The number of nitrogens with zero attached hydrogens (tertiary/aromatic N) is 7. The predicted octanol–water partition coefficient (Wildman–Crippen LogP) is 4.16. The Morgan fingerprint density at radius 1 is 1.00 bits per heavy atom. The predicted molar refractivity (Wildman–Crippen MR) is 160 cm³/mol. The highest BCUT2D eigenvalue weighted by Crippen LogP contribution is 2.38. The molecule has 3 aliphatic heterocycles. The molecule has 1 amide bonds. The lowest BCUT2D eigenvalue weighted by Gasteiger charge is -2.26. The molecule has 3 atom stereocenters. The number of carbonyl (C=O) groups is 2. The average Bonchev–Trinajstić information content (AvgIpc) is 3.75. The molecule has 10 nitrogen and oxygen atoms in total. The number of halogens is 1. The molecule has 3 saturated heterocycles. The second-order valence-electron chi connectivity index (χ2n) is 12.1. The Morgan fingerprint density at radius 3 is 2.45 bits per heavy atom. The van der Waals surface area contributed by atoms with Crippen LogP contribution in [0.3, 0.4) is 0 Å². The van der Waals surface area contributed by atoms with E-state index in [0.29, 0.717) is 36.4 Å². The van der Waals surface area contributed by atoms with Crippen LogP contribution >= 0.6 is 11.6 Å². The van der Waals surface area contributed by atoms with E-state index in [1.54, 1.807) is 10.6 Å². The smallest absolute Gasteiger partial charge is 0.354 e. The van der Waals surface area contributed by atoms with E-state index >= 15 is 0 Å². The number of hydrogen-bond acceptors (Lipinski definition) is 7. The summed E-state index contributed by atoms with van der Waals surface area (Å²) in [5, 5.41) is 14.7. The lowest BCUT2D eigenvalue weighted by molar-refractivity contribution is 0.0689. The first-order valence-electron chi connectivity index (χ1n) is 14.3. The summed E-state index contributed by atoms with van der Waals surface area (Å²) in [7, 11) is 0. The maximum absolute atomic E-state index is 13.5. The van der Waals surface area contributed by atoms with E-state index in [-0.39, 0.29) is 22.8 Å². The molecule has 216 valence electrons. The van der Waals surface area contributed by atoms with Gasteiger partial charge in [-0.3, -0.25) is 4.79 Å². The Bertz CT molecular complexity index is 1690. The number of pyridine rings is 2. The van der Waals surface area contributed by atoms with E-state index in [9.17, 15) is 14.7 Å². The van der Waals surface area contributed by atoms with Gasteiger partial charge in [0.1, 0.15) is 5.82 Å². The van der Waals surface area contributed by atoms with Crippen molar-refractivity contribution >= 4 is 40.6 Å². The minimum absolute atomic E-state index is 0.0233. The number of likely N-dealkylation sites (tertiary alicyclic amines) is 1. The van der Waals surface area contributed by atoms with Crippen LogP contribution in [0.15, 0.2) is 54.7 Å². The minimum atomic E-state index is -1.04. The average molecular weight is 586 g/mol. The second-order valence-corrected chi connectivity index (χ2v) is 12.6. The molecule has 3 aromatic heterocycles. The lowest BCUT2D eigenvalue weighted by atomic mass is 9.82. The normalized spacial score (nSPS) is 23.6. The van der Waals surface area contributed by atoms with Crippen LogP contribution in [-0.4, -0.2) is 80.7 Å². The molecule has 11 heteroatoms. The largest absolute Gasteiger partial charge is 0.477 e. The number of benzene rings is 1. The van der Waals surface area contributed by atoms with E-state index in [0.717, 1.165) is 48.9 Å². The molecule has 4 aromatic rings. The molecule has 0 unspecified atom stereocenters. The van der Waals surface area contributed by atoms with E-state index in [2.05, 4.69) is 50.0 Å². The van der Waals surface area contributed by atoms with Gasteiger partial charge < -0.3 is 19.8 Å². The fourth-order valence-corrected chi connectivity index (χ4v) is 7.00. The van der Waals surface area contributed by atoms with Gasteiger partial charge in [0, 0.05) is 61.5 Å². The van der Waals surface area contributed by atoms with Crippen molar-refractivity contribution in [2.45, 2.75) is 25.7 Å². The van der Waals surface area contributed by atoms with Crippen LogP contribution in [0.25, 0.3) is 5.65 Å². The minimum Gasteiger partial charge on any atom is -0.477 e. The zero-order chi connectivity index (χ0) is 29.2. The highest BCUT2D eigenvalue weighted by Gasteiger charge is 2.43. The SMILES string of the molecule is Cc1cc(N2CC[C@](C)(c3ccc(Cl)cc3)C2)cn2nc(C(=O)N3C[C@@H]4CN(c5cccc(C(=O)O)n5)C[C@@H]4C3)nc12. The second kappa shape index (κ2) is 9.97. The Kier molecular flexibility index (Phi) is 6.34. The van der Waals surface area contributed by atoms with Crippen molar-refractivity contribution in [3.05, 3.63) is 82.4 Å². The monoisotopic (exact) mass is 585 g/mol. The Labute approximate surface area is 248 Å². The number of rotatable bonds is 5. The molecule has 7 rings (SSSR count). The van der Waals surface area contributed by atoms with Crippen molar-refractivity contribution in [1.29, 1.82) is 0 Å². The summed E-state index contributed by atoms with van der Waals surface area (Å²) in [5.74, 6) is 0.284. The summed E-state index contributed by atoms with van der Waals surface area (Å²) in [6, 6.07) is 15.3. The van der Waals surface area contributed by atoms with Crippen LogP contribution < -0.4 is 9.80 Å². The van der Waals surface area contributed by atoms with Gasteiger partial charge >= 0.3 is 5.97 Å². The van der Waals surface area contributed by atoms with Crippen molar-refractivity contribution in [3.8, 4) is 0 Å². The summed E-state index contributed by atoms with van der Waals surface area (Å²) in [5.41, 5.74) is 4.08. The first-order valence-corrected chi connectivity index (χ1v) is 14.7. The van der Waals surface area contributed by atoms with Crippen LogP contribution in [0, 0.1) is 18.8 Å². The van der Waals surface area contributed by atoms with Gasteiger partial charge in [-0.2, -0.15) is 0 Å². The molecular formula is C31H32ClN7O3. The van der Waals surface area contributed by atoms with Crippen LogP contribution in [0.5, 0.6) is 0 Å². The van der Waals surface area contributed by atoms with Crippen molar-refractivity contribution in [3.63, 3.8) is 0 Å². The lowest BCUT2D eigenvalue weighted by Crippen LogP contribution is -2.34. The molecule has 0 bridgehead atoms. The third-order valence-electron chi connectivity index (χ3n) is 9.22. The van der Waals surface area contributed by atoms with E-state index in [1.165, 1.54) is 11.6 Å². The summed E-state index contributed by atoms with van der Waals surface area (Å²) >= 11 is 6.12. The fourth-order valence-electron chi connectivity index (χ4n) is 6.87. The molecule has 3 aliphatic rings. The Balaban J connectivity index is 1.04. The quantitative estimate of drug-likeness (QED) is 0.372. The van der Waals surface area contributed by atoms with Gasteiger partial charge in [-0.25, -0.2) is 19.3 Å². The number of hydrogen-bond donors (Lipinski definition) is 1. The summed E-state index contributed by atoms with van der Waals surface area (Å²) in [4.78, 5) is 40.1. The highest BCUT2D eigenvalue weighted by atomic mass is 35.5. The van der Waals surface area contributed by atoms with Gasteiger partial charge in [0.25, 0.3) is 5.91 Å². The maximum Gasteiger partial charge on any atom is 0.354 e. The van der Waals surface area contributed by atoms with Gasteiger partial charge in [-0.15, -0.1) is 5.10 Å². The zero-order valence-electron chi connectivity index (χ0n) is 23.6. The van der Waals surface area contributed by atoms with Crippen LogP contribution in [0.2, 0.25) is 5.02 Å². The van der Waals surface area contributed by atoms with Gasteiger partial charge in [0.05, 0.1) is 11.9 Å². The molecular weight excluding hydrogens is 554 g/mol. The van der Waals surface area contributed by atoms with Crippen LogP contribution in [0.1, 0.15) is 45.6 Å². The van der Waals surface area contributed by atoms with Gasteiger partial charge in [-0.1, -0.05) is 36.7 Å². The van der Waals surface area contributed by atoms with Crippen molar-refractivity contribution < 1.29 is 14.7 Å². The molecule has 0 spiro atoms. The van der Waals surface area contributed by atoms with E-state index < -0.39 is 5.97 Å². The van der Waals surface area contributed by atoms with E-state index in [4.69, 9.17) is 11.6 Å². The summed E-state index contributed by atoms with van der Waals surface area (Å²) in [6.07, 6.45) is 3.01. The van der Waals surface area contributed by atoms with Gasteiger partial charge in [0.15, 0.2) is 11.3 Å². The number of aryl methyl sites for hydroxylation is 1. The molecule has 3 fully saturated rings. The zero-order valence-corrected chi connectivity index (χ0v) is 24.3. The van der Waals surface area contributed by atoms with Crippen molar-refractivity contribution in [1.82, 2.24) is 24.5 Å². The molecule has 1 N–H and O–H groups in total. The van der Waals surface area contributed by atoms with Crippen molar-refractivity contribution in [2.24, 2.45) is 11.8 Å². The third kappa shape index (κ3) is 4.63. The number of aromatic carboxylic acids is 1. The number of carboxylic acids is 1. The standard InChI is InChI=1S/C31H32ClN7O3/c1-19-12-24(36-11-10-31(2,18-36)22-6-8-23(32)9-7-22)17-39-28(19)34-27(35-39)29(40)38-15-20-13-37(14-21(20)16-38)26-5-3-4-25(33-26)30(41)42/h3-9,12,17,20-21H,10-11,13-16,18H2,1-2H3,(H,41,42)/t20-,21+,31-/m0/s1. The molecule has 0 saturated carbocycles. The molecule has 6 heterocycles.